The monoisotopic (exact) mass is 450 g/mol. The molecule has 0 unspecified atom stereocenters. The predicted octanol–water partition coefficient (Wildman–Crippen LogP) is 4.73. The first-order chi connectivity index (χ1) is 16.4. The van der Waals surface area contributed by atoms with Crippen molar-refractivity contribution in [2.45, 2.75) is 0 Å². The summed E-state index contributed by atoms with van der Waals surface area (Å²) in [5.74, 6) is -0.906. The molecule has 0 amide bonds. The number of halogens is 2. The third-order valence-corrected chi connectivity index (χ3v) is 5.60. The Bertz CT molecular complexity index is 1690. The zero-order chi connectivity index (χ0) is 24.0. The van der Waals surface area contributed by atoms with Gasteiger partial charge in [0.15, 0.2) is 10.9 Å². The standard InChI is InChI=1S/C26H12F2N4O2/c27-15-5-1-13(2-6-15)19-9-21(33)23-18(12-30)26-24(17(11-29)25(23)31-19)22(34)10-20(32-26)14-3-7-16(28)8-4-14/h1-10H,(H,31,33)(H,32,34). The van der Waals surface area contributed by atoms with Gasteiger partial charge in [0, 0.05) is 23.5 Å². The number of benzene rings is 3. The molecule has 6 nitrogen and oxygen atoms in total. The van der Waals surface area contributed by atoms with Crippen LogP contribution in [0.25, 0.3) is 44.3 Å². The molecule has 0 radical (unpaired) electrons. The molecule has 5 aromatic rings. The van der Waals surface area contributed by atoms with Crippen LogP contribution in [0.3, 0.4) is 0 Å². The summed E-state index contributed by atoms with van der Waals surface area (Å²) in [7, 11) is 0. The first kappa shape index (κ1) is 20.8. The highest BCUT2D eigenvalue weighted by Gasteiger charge is 2.21. The van der Waals surface area contributed by atoms with Crippen molar-refractivity contribution >= 4 is 21.8 Å². The molecule has 2 aromatic heterocycles. The highest BCUT2D eigenvalue weighted by atomic mass is 19.1. The fraction of sp³-hybridized carbons (Fsp3) is 0. The SMILES string of the molecule is N#Cc1c2[nH]c(-c3ccc(F)cc3)cc(=O)c2c(C#N)c2[nH]c(-c3ccc(F)cc3)cc(=O)c12. The summed E-state index contributed by atoms with van der Waals surface area (Å²) in [6, 6.07) is 17.2. The molecule has 0 saturated heterocycles. The van der Waals surface area contributed by atoms with Gasteiger partial charge in [0.25, 0.3) is 0 Å². The van der Waals surface area contributed by atoms with Gasteiger partial charge in [-0.05, 0) is 59.7 Å². The maximum atomic E-state index is 13.3. The first-order valence-electron chi connectivity index (χ1n) is 10.0. The maximum absolute atomic E-state index is 13.3. The lowest BCUT2D eigenvalue weighted by Crippen LogP contribution is -2.12. The lowest BCUT2D eigenvalue weighted by molar-refractivity contribution is 0.627. The van der Waals surface area contributed by atoms with E-state index in [0.29, 0.717) is 22.5 Å². The molecule has 2 heterocycles. The molecule has 34 heavy (non-hydrogen) atoms. The van der Waals surface area contributed by atoms with Crippen LogP contribution in [0.4, 0.5) is 8.78 Å². The Labute approximate surface area is 190 Å². The molecule has 0 saturated carbocycles. The summed E-state index contributed by atoms with van der Waals surface area (Å²) in [6.45, 7) is 0. The largest absolute Gasteiger partial charge is 0.353 e. The summed E-state index contributed by atoms with van der Waals surface area (Å²) in [5.41, 5.74) is 0.373. The number of rotatable bonds is 2. The zero-order valence-electron chi connectivity index (χ0n) is 17.2. The lowest BCUT2D eigenvalue weighted by Gasteiger charge is -2.12. The zero-order valence-corrected chi connectivity index (χ0v) is 17.2. The second kappa shape index (κ2) is 7.80. The first-order valence-corrected chi connectivity index (χ1v) is 10.0. The van der Waals surface area contributed by atoms with Gasteiger partial charge in [-0.2, -0.15) is 10.5 Å². The fourth-order valence-electron chi connectivity index (χ4n) is 4.03. The fourth-order valence-corrected chi connectivity index (χ4v) is 4.03. The van der Waals surface area contributed by atoms with E-state index in [4.69, 9.17) is 0 Å². The molecule has 0 fully saturated rings. The van der Waals surface area contributed by atoms with Crippen LogP contribution < -0.4 is 10.9 Å². The Kier molecular flexibility index (Phi) is 4.77. The molecule has 0 aliphatic rings. The van der Waals surface area contributed by atoms with Crippen LogP contribution in [0.1, 0.15) is 11.1 Å². The van der Waals surface area contributed by atoms with Gasteiger partial charge >= 0.3 is 0 Å². The molecule has 0 aliphatic carbocycles. The van der Waals surface area contributed by atoms with Crippen molar-refractivity contribution in [2.24, 2.45) is 0 Å². The van der Waals surface area contributed by atoms with Crippen molar-refractivity contribution in [3.8, 4) is 34.7 Å². The molecule has 8 heteroatoms. The van der Waals surface area contributed by atoms with E-state index in [9.17, 15) is 28.9 Å². The van der Waals surface area contributed by atoms with Gasteiger partial charge in [-0.15, -0.1) is 0 Å². The Balaban J connectivity index is 1.91. The minimum atomic E-state index is -0.545. The van der Waals surface area contributed by atoms with Crippen LogP contribution in [0, 0.1) is 34.3 Å². The van der Waals surface area contributed by atoms with Gasteiger partial charge in [0.2, 0.25) is 0 Å². The Morgan fingerprint density at radius 1 is 0.618 bits per heavy atom. The van der Waals surface area contributed by atoms with Crippen molar-refractivity contribution in [3.05, 3.63) is 104 Å². The van der Waals surface area contributed by atoms with Gasteiger partial charge in [0.05, 0.1) is 32.9 Å². The molecule has 162 valence electrons. The molecule has 2 N–H and O–H groups in total. The third-order valence-electron chi connectivity index (χ3n) is 5.60. The number of aromatic amines is 2. The molecule has 0 spiro atoms. The summed E-state index contributed by atoms with van der Waals surface area (Å²) < 4.78 is 26.7. The van der Waals surface area contributed by atoms with Crippen LogP contribution in [0.15, 0.2) is 70.3 Å². The molecule has 0 atom stereocenters. The third kappa shape index (κ3) is 3.22. The van der Waals surface area contributed by atoms with E-state index >= 15 is 0 Å². The van der Waals surface area contributed by atoms with Gasteiger partial charge in [0.1, 0.15) is 23.8 Å². The van der Waals surface area contributed by atoms with E-state index in [1.165, 1.54) is 60.7 Å². The van der Waals surface area contributed by atoms with Gasteiger partial charge < -0.3 is 9.97 Å². The van der Waals surface area contributed by atoms with Crippen LogP contribution >= 0.6 is 0 Å². The number of fused-ring (bicyclic) bond motifs is 2. The minimum Gasteiger partial charge on any atom is -0.353 e. The number of nitriles is 2. The molecular weight excluding hydrogens is 438 g/mol. The Morgan fingerprint density at radius 2 is 0.971 bits per heavy atom. The van der Waals surface area contributed by atoms with Crippen LogP contribution in [0.2, 0.25) is 0 Å². The predicted molar refractivity (Wildman–Crippen MR) is 123 cm³/mol. The number of nitrogens with zero attached hydrogens (tertiary/aromatic N) is 2. The molecule has 5 rings (SSSR count). The summed E-state index contributed by atoms with van der Waals surface area (Å²) >= 11 is 0. The lowest BCUT2D eigenvalue weighted by atomic mass is 9.96. The van der Waals surface area contributed by atoms with Crippen molar-refractivity contribution in [2.75, 3.05) is 0 Å². The maximum Gasteiger partial charge on any atom is 0.191 e. The van der Waals surface area contributed by atoms with Crippen LogP contribution in [-0.2, 0) is 0 Å². The number of hydrogen-bond donors (Lipinski definition) is 2. The topological polar surface area (TPSA) is 113 Å². The van der Waals surface area contributed by atoms with Crippen LogP contribution in [0.5, 0.6) is 0 Å². The average Bonchev–Trinajstić information content (AvgIpc) is 2.83. The minimum absolute atomic E-state index is 0.0402. The second-order valence-electron chi connectivity index (χ2n) is 7.58. The van der Waals surface area contributed by atoms with Gasteiger partial charge in [-0.1, -0.05) is 0 Å². The van der Waals surface area contributed by atoms with E-state index in [1.54, 1.807) is 0 Å². The molecular formula is C26H12F2N4O2. The average molecular weight is 450 g/mol. The van der Waals surface area contributed by atoms with E-state index in [2.05, 4.69) is 9.97 Å². The second-order valence-corrected chi connectivity index (χ2v) is 7.58. The number of nitrogens with one attached hydrogen (secondary N) is 2. The highest BCUT2D eigenvalue weighted by molar-refractivity contribution is 6.07. The Hall–Kier alpha value is -5.08. The van der Waals surface area contributed by atoms with E-state index in [0.717, 1.165) is 0 Å². The molecule has 3 aromatic carbocycles. The highest BCUT2D eigenvalue weighted by Crippen LogP contribution is 2.30. The summed E-state index contributed by atoms with van der Waals surface area (Å²) in [4.78, 5) is 32.2. The smallest absolute Gasteiger partial charge is 0.191 e. The van der Waals surface area contributed by atoms with Crippen molar-refractivity contribution in [3.63, 3.8) is 0 Å². The number of pyridine rings is 2. The Morgan fingerprint density at radius 3 is 1.29 bits per heavy atom. The normalized spacial score (nSPS) is 10.8. The quantitative estimate of drug-likeness (QED) is 0.379. The van der Waals surface area contributed by atoms with E-state index in [-0.39, 0.29) is 32.9 Å². The van der Waals surface area contributed by atoms with Crippen molar-refractivity contribution < 1.29 is 8.78 Å². The van der Waals surface area contributed by atoms with E-state index in [1.807, 2.05) is 12.1 Å². The molecule has 0 aliphatic heterocycles. The molecule has 0 bridgehead atoms. The summed E-state index contributed by atoms with van der Waals surface area (Å²) in [5, 5.41) is 19.8. The van der Waals surface area contributed by atoms with Crippen molar-refractivity contribution in [1.29, 1.82) is 10.5 Å². The van der Waals surface area contributed by atoms with Gasteiger partial charge in [-0.25, -0.2) is 8.78 Å². The van der Waals surface area contributed by atoms with Crippen LogP contribution in [-0.4, -0.2) is 9.97 Å². The van der Waals surface area contributed by atoms with E-state index < -0.39 is 22.5 Å². The van der Waals surface area contributed by atoms with Crippen molar-refractivity contribution in [1.82, 2.24) is 9.97 Å². The number of aromatic nitrogens is 2. The number of hydrogen-bond acceptors (Lipinski definition) is 4. The van der Waals surface area contributed by atoms with Gasteiger partial charge in [-0.3, -0.25) is 9.59 Å². The number of H-pyrrole nitrogens is 2. The summed E-state index contributed by atoms with van der Waals surface area (Å²) in [6.07, 6.45) is 0.